The van der Waals surface area contributed by atoms with Gasteiger partial charge in [0.25, 0.3) is 0 Å². The summed E-state index contributed by atoms with van der Waals surface area (Å²) in [7, 11) is 0. The molecule has 0 spiro atoms. The van der Waals surface area contributed by atoms with Crippen molar-refractivity contribution in [3.05, 3.63) is 34.1 Å². The summed E-state index contributed by atoms with van der Waals surface area (Å²) in [5.41, 5.74) is 0.830. The largest absolute Gasteiger partial charge is 0.313 e. The Morgan fingerprint density at radius 1 is 1.29 bits per heavy atom. The van der Waals surface area contributed by atoms with E-state index in [0.29, 0.717) is 12.0 Å². The summed E-state index contributed by atoms with van der Waals surface area (Å²) >= 11 is 3.46. The van der Waals surface area contributed by atoms with E-state index in [4.69, 9.17) is 0 Å². The van der Waals surface area contributed by atoms with E-state index in [1.165, 1.54) is 25.7 Å². The first kappa shape index (κ1) is 17.0. The molecule has 1 nitrogen and oxygen atoms in total. The molecule has 21 heavy (non-hydrogen) atoms. The fraction of sp³-hybridized carbons (Fsp3) is 0.667. The lowest BCUT2D eigenvalue weighted by Gasteiger charge is -2.33. The molecule has 3 heteroatoms. The fourth-order valence-electron chi connectivity index (χ4n) is 3.36. The third-order valence-corrected chi connectivity index (χ3v) is 5.23. The summed E-state index contributed by atoms with van der Waals surface area (Å²) in [5.74, 6) is 1.47. The Kier molecular flexibility index (Phi) is 6.69. The molecule has 0 bridgehead atoms. The third-order valence-electron chi connectivity index (χ3n) is 4.73. The van der Waals surface area contributed by atoms with Crippen LogP contribution in [0.4, 0.5) is 4.39 Å². The second-order valence-electron chi connectivity index (χ2n) is 6.52. The SMILES string of the molecule is CCCNC(Cc1cc(Br)ccc1F)C1CCC(C)CC1. The molecule has 1 unspecified atom stereocenters. The highest BCUT2D eigenvalue weighted by atomic mass is 79.9. The van der Waals surface area contributed by atoms with Gasteiger partial charge in [-0.2, -0.15) is 0 Å². The summed E-state index contributed by atoms with van der Waals surface area (Å²) < 4.78 is 15.0. The predicted octanol–water partition coefficient (Wildman–Crippen LogP) is 5.33. The maximum Gasteiger partial charge on any atom is 0.126 e. The van der Waals surface area contributed by atoms with Crippen molar-refractivity contribution in [2.45, 2.75) is 58.4 Å². The maximum atomic E-state index is 14.0. The van der Waals surface area contributed by atoms with E-state index >= 15 is 0 Å². The van der Waals surface area contributed by atoms with Crippen molar-refractivity contribution >= 4 is 15.9 Å². The van der Waals surface area contributed by atoms with E-state index < -0.39 is 0 Å². The standard InChI is InChI=1S/C18H27BrFN/c1-3-10-21-18(14-6-4-13(2)5-7-14)12-15-11-16(19)8-9-17(15)20/h8-9,11,13-14,18,21H,3-7,10,12H2,1-2H3. The molecular formula is C18H27BrFN. The molecule has 2 rings (SSSR count). The quantitative estimate of drug-likeness (QED) is 0.727. The number of hydrogen-bond donors (Lipinski definition) is 1. The fourth-order valence-corrected chi connectivity index (χ4v) is 3.77. The van der Waals surface area contributed by atoms with Gasteiger partial charge in [-0.1, -0.05) is 42.6 Å². The van der Waals surface area contributed by atoms with Crippen molar-refractivity contribution in [1.29, 1.82) is 0 Å². The molecule has 1 N–H and O–H groups in total. The van der Waals surface area contributed by atoms with Gasteiger partial charge in [0, 0.05) is 10.5 Å². The topological polar surface area (TPSA) is 12.0 Å². The smallest absolute Gasteiger partial charge is 0.126 e. The number of nitrogens with one attached hydrogen (secondary N) is 1. The Labute approximate surface area is 136 Å². The average Bonchev–Trinajstić information content (AvgIpc) is 2.48. The number of halogens is 2. The molecule has 0 aliphatic heterocycles. The molecule has 0 amide bonds. The van der Waals surface area contributed by atoms with Crippen molar-refractivity contribution in [3.8, 4) is 0 Å². The van der Waals surface area contributed by atoms with Gasteiger partial charge in [0.05, 0.1) is 0 Å². The summed E-state index contributed by atoms with van der Waals surface area (Å²) in [4.78, 5) is 0. The monoisotopic (exact) mass is 355 g/mol. The van der Waals surface area contributed by atoms with Crippen LogP contribution in [0.2, 0.25) is 0 Å². The van der Waals surface area contributed by atoms with Crippen LogP contribution in [0.5, 0.6) is 0 Å². The van der Waals surface area contributed by atoms with Gasteiger partial charge >= 0.3 is 0 Å². The summed E-state index contributed by atoms with van der Waals surface area (Å²) in [6, 6.07) is 5.68. The lowest BCUT2D eigenvalue weighted by molar-refractivity contribution is 0.228. The Morgan fingerprint density at radius 3 is 2.67 bits per heavy atom. The molecule has 1 aliphatic rings. The summed E-state index contributed by atoms with van der Waals surface area (Å²) in [5, 5.41) is 3.67. The van der Waals surface area contributed by atoms with E-state index in [2.05, 4.69) is 35.1 Å². The van der Waals surface area contributed by atoms with Gasteiger partial charge in [-0.25, -0.2) is 4.39 Å². The van der Waals surface area contributed by atoms with Gasteiger partial charge in [-0.05, 0) is 67.8 Å². The highest BCUT2D eigenvalue weighted by Gasteiger charge is 2.26. The van der Waals surface area contributed by atoms with Crippen LogP contribution in [0.25, 0.3) is 0 Å². The molecular weight excluding hydrogens is 329 g/mol. The molecule has 0 radical (unpaired) electrons. The normalized spacial score (nSPS) is 24.0. The predicted molar refractivity (Wildman–Crippen MR) is 91.0 cm³/mol. The van der Waals surface area contributed by atoms with Gasteiger partial charge in [-0.3, -0.25) is 0 Å². The molecule has 118 valence electrons. The first-order chi connectivity index (χ1) is 10.1. The van der Waals surface area contributed by atoms with E-state index in [0.717, 1.165) is 35.3 Å². The second-order valence-corrected chi connectivity index (χ2v) is 7.44. The Hall–Kier alpha value is -0.410. The molecule has 1 aliphatic carbocycles. The highest BCUT2D eigenvalue weighted by molar-refractivity contribution is 9.10. The first-order valence-corrected chi connectivity index (χ1v) is 9.06. The number of benzene rings is 1. The van der Waals surface area contributed by atoms with Crippen molar-refractivity contribution < 1.29 is 4.39 Å². The van der Waals surface area contributed by atoms with Crippen LogP contribution in [-0.2, 0) is 6.42 Å². The van der Waals surface area contributed by atoms with Crippen molar-refractivity contribution in [2.75, 3.05) is 6.54 Å². The molecule has 1 atom stereocenters. The van der Waals surface area contributed by atoms with E-state index in [1.54, 1.807) is 12.1 Å². The van der Waals surface area contributed by atoms with Crippen LogP contribution < -0.4 is 5.32 Å². The lowest BCUT2D eigenvalue weighted by atomic mass is 9.77. The van der Waals surface area contributed by atoms with E-state index in [9.17, 15) is 4.39 Å². The molecule has 1 fully saturated rings. The zero-order valence-electron chi connectivity index (χ0n) is 13.2. The Balaban J connectivity index is 2.06. The van der Waals surface area contributed by atoms with Crippen molar-refractivity contribution in [2.24, 2.45) is 11.8 Å². The minimum atomic E-state index is -0.0781. The Morgan fingerprint density at radius 2 is 2.00 bits per heavy atom. The molecule has 1 saturated carbocycles. The van der Waals surface area contributed by atoms with Crippen molar-refractivity contribution in [1.82, 2.24) is 5.32 Å². The molecule has 0 saturated heterocycles. The number of rotatable bonds is 6. The van der Waals surface area contributed by atoms with Crippen LogP contribution in [0, 0.1) is 17.7 Å². The van der Waals surface area contributed by atoms with Crippen LogP contribution in [0.1, 0.15) is 51.5 Å². The van der Waals surface area contributed by atoms with Gasteiger partial charge in [0.2, 0.25) is 0 Å². The molecule has 1 aromatic carbocycles. The van der Waals surface area contributed by atoms with E-state index in [-0.39, 0.29) is 5.82 Å². The Bertz CT molecular complexity index is 441. The number of hydrogen-bond acceptors (Lipinski definition) is 1. The highest BCUT2D eigenvalue weighted by Crippen LogP contribution is 2.32. The zero-order chi connectivity index (χ0) is 15.2. The van der Waals surface area contributed by atoms with Gasteiger partial charge in [0.1, 0.15) is 5.82 Å². The minimum Gasteiger partial charge on any atom is -0.313 e. The van der Waals surface area contributed by atoms with Gasteiger partial charge in [-0.15, -0.1) is 0 Å². The van der Waals surface area contributed by atoms with Crippen LogP contribution in [0.15, 0.2) is 22.7 Å². The van der Waals surface area contributed by atoms with Crippen LogP contribution >= 0.6 is 15.9 Å². The van der Waals surface area contributed by atoms with Gasteiger partial charge in [0.15, 0.2) is 0 Å². The summed E-state index contributed by atoms with van der Waals surface area (Å²) in [6.45, 7) is 5.55. The average molecular weight is 356 g/mol. The van der Waals surface area contributed by atoms with Crippen LogP contribution in [-0.4, -0.2) is 12.6 Å². The maximum absolute atomic E-state index is 14.0. The molecule has 0 heterocycles. The van der Waals surface area contributed by atoms with Crippen molar-refractivity contribution in [3.63, 3.8) is 0 Å². The van der Waals surface area contributed by atoms with Crippen LogP contribution in [0.3, 0.4) is 0 Å². The van der Waals surface area contributed by atoms with E-state index in [1.807, 2.05) is 6.07 Å². The zero-order valence-corrected chi connectivity index (χ0v) is 14.8. The first-order valence-electron chi connectivity index (χ1n) is 8.27. The lowest BCUT2D eigenvalue weighted by Crippen LogP contribution is -2.40. The van der Waals surface area contributed by atoms with Gasteiger partial charge < -0.3 is 5.32 Å². The third kappa shape index (κ3) is 5.07. The summed E-state index contributed by atoms with van der Waals surface area (Å²) in [6.07, 6.45) is 7.10. The second kappa shape index (κ2) is 8.28. The molecule has 1 aromatic rings. The minimum absolute atomic E-state index is 0.0781. The molecule has 0 aromatic heterocycles.